The van der Waals surface area contributed by atoms with Crippen LogP contribution >= 0.6 is 0 Å². The fraction of sp³-hybridized carbons (Fsp3) is 0.111. The van der Waals surface area contributed by atoms with Gasteiger partial charge in [0.25, 0.3) is 0 Å². The average molecular weight is 596 g/mol. The van der Waals surface area contributed by atoms with Crippen molar-refractivity contribution >= 4 is 0 Å². The molecule has 0 aliphatic heterocycles. The van der Waals surface area contributed by atoms with Crippen molar-refractivity contribution < 1.29 is 62.2 Å². The molecule has 4 aromatic rings. The summed E-state index contributed by atoms with van der Waals surface area (Å²) in [5.41, 5.74) is -5.32. The van der Waals surface area contributed by atoms with E-state index in [2.05, 4.69) is 9.47 Å². The van der Waals surface area contributed by atoms with Gasteiger partial charge in [0.1, 0.15) is 46.2 Å². The van der Waals surface area contributed by atoms with Gasteiger partial charge in [-0.25, -0.2) is 30.7 Å². The van der Waals surface area contributed by atoms with E-state index in [-0.39, 0.29) is 35.9 Å². The van der Waals surface area contributed by atoms with Gasteiger partial charge in [0.05, 0.1) is 11.1 Å². The molecule has 0 unspecified atom stereocenters. The molecular formula is C27H12F12O2. The molecule has 0 fully saturated rings. The quantitative estimate of drug-likeness (QED) is 0.207. The van der Waals surface area contributed by atoms with Crippen LogP contribution in [-0.4, -0.2) is 6.36 Å². The summed E-state index contributed by atoms with van der Waals surface area (Å²) in [6.45, 7) is 1.33. The van der Waals surface area contributed by atoms with Gasteiger partial charge in [-0.05, 0) is 60.0 Å². The summed E-state index contributed by atoms with van der Waals surface area (Å²) in [6.07, 6.45) is -10.2. The number of benzene rings is 4. The van der Waals surface area contributed by atoms with E-state index < -0.39 is 92.5 Å². The van der Waals surface area contributed by atoms with E-state index in [1.165, 1.54) is 6.92 Å². The van der Waals surface area contributed by atoms with Gasteiger partial charge in [0, 0.05) is 12.1 Å². The summed E-state index contributed by atoms with van der Waals surface area (Å²) in [7, 11) is 0. The molecule has 0 aliphatic rings. The van der Waals surface area contributed by atoms with Crippen molar-refractivity contribution in [3.05, 3.63) is 106 Å². The third kappa shape index (κ3) is 6.20. The Kier molecular flexibility index (Phi) is 7.63. The zero-order valence-electron chi connectivity index (χ0n) is 20.0. The third-order valence-corrected chi connectivity index (χ3v) is 5.52. The fourth-order valence-corrected chi connectivity index (χ4v) is 3.92. The van der Waals surface area contributed by atoms with Crippen LogP contribution in [0.3, 0.4) is 0 Å². The first-order valence-corrected chi connectivity index (χ1v) is 11.0. The van der Waals surface area contributed by atoms with E-state index in [1.807, 2.05) is 0 Å². The maximum Gasteiger partial charge on any atom is 0.573 e. The monoisotopic (exact) mass is 596 g/mol. The molecule has 0 aromatic heterocycles. The Morgan fingerprint density at radius 3 is 1.46 bits per heavy atom. The molecule has 41 heavy (non-hydrogen) atoms. The summed E-state index contributed by atoms with van der Waals surface area (Å²) >= 11 is 0. The van der Waals surface area contributed by atoms with Gasteiger partial charge < -0.3 is 9.47 Å². The van der Waals surface area contributed by atoms with Crippen molar-refractivity contribution in [1.82, 2.24) is 0 Å². The smallest absolute Gasteiger partial charge is 0.429 e. The molecule has 0 saturated carbocycles. The molecule has 0 spiro atoms. The first-order chi connectivity index (χ1) is 19.0. The molecule has 14 heteroatoms. The Bertz CT molecular complexity index is 1580. The lowest BCUT2D eigenvalue weighted by atomic mass is 10.00. The van der Waals surface area contributed by atoms with Crippen LogP contribution in [0, 0.1) is 47.6 Å². The number of ether oxygens (including phenoxy) is 2. The molecule has 4 rings (SSSR count). The second-order valence-electron chi connectivity index (χ2n) is 8.49. The minimum Gasteiger partial charge on any atom is -0.429 e. The summed E-state index contributed by atoms with van der Waals surface area (Å²) in [6, 6.07) is 3.72. The Morgan fingerprint density at radius 1 is 0.512 bits per heavy atom. The highest BCUT2D eigenvalue weighted by Crippen LogP contribution is 2.40. The maximum atomic E-state index is 14.8. The largest absolute Gasteiger partial charge is 0.573 e. The summed E-state index contributed by atoms with van der Waals surface area (Å²) in [4.78, 5) is 0. The SMILES string of the molecule is Cc1cc(F)c(-c2cc(F)c(C(F)(F)Oc3cc(F)c(-c4ccc(OC(F)(F)F)c(F)c4)c(F)c3)c(F)c2)c(F)c1. The van der Waals surface area contributed by atoms with Crippen LogP contribution < -0.4 is 9.47 Å². The van der Waals surface area contributed by atoms with Gasteiger partial charge in [0.15, 0.2) is 11.6 Å². The third-order valence-electron chi connectivity index (χ3n) is 5.52. The van der Waals surface area contributed by atoms with Crippen molar-refractivity contribution in [3.8, 4) is 33.8 Å². The molecule has 0 heterocycles. The summed E-state index contributed by atoms with van der Waals surface area (Å²) in [5, 5.41) is 0. The summed E-state index contributed by atoms with van der Waals surface area (Å²) < 4.78 is 175. The second-order valence-corrected chi connectivity index (χ2v) is 8.49. The first kappa shape index (κ1) is 29.6. The van der Waals surface area contributed by atoms with E-state index in [9.17, 15) is 52.7 Å². The van der Waals surface area contributed by atoms with E-state index in [1.54, 1.807) is 0 Å². The average Bonchev–Trinajstić information content (AvgIpc) is 2.78. The molecule has 0 N–H and O–H groups in total. The Balaban J connectivity index is 1.66. The lowest BCUT2D eigenvalue weighted by molar-refractivity contribution is -0.275. The first-order valence-electron chi connectivity index (χ1n) is 11.0. The Labute approximate surface area is 222 Å². The predicted octanol–water partition coefficient (Wildman–Crippen LogP) is 9.33. The Morgan fingerprint density at radius 2 is 0.976 bits per heavy atom. The van der Waals surface area contributed by atoms with Gasteiger partial charge >= 0.3 is 12.5 Å². The highest BCUT2D eigenvalue weighted by molar-refractivity contribution is 5.67. The van der Waals surface area contributed by atoms with E-state index in [4.69, 9.17) is 0 Å². The predicted molar refractivity (Wildman–Crippen MR) is 119 cm³/mol. The molecule has 0 aliphatic carbocycles. The number of aryl methyl sites for hydroxylation is 1. The van der Waals surface area contributed by atoms with Crippen molar-refractivity contribution in [2.24, 2.45) is 0 Å². The molecule has 0 atom stereocenters. The van der Waals surface area contributed by atoms with Crippen LogP contribution in [0.15, 0.2) is 54.6 Å². The molecule has 4 aromatic carbocycles. The van der Waals surface area contributed by atoms with Crippen molar-refractivity contribution in [1.29, 1.82) is 0 Å². The van der Waals surface area contributed by atoms with E-state index >= 15 is 0 Å². The van der Waals surface area contributed by atoms with Gasteiger partial charge in [-0.2, -0.15) is 8.78 Å². The van der Waals surface area contributed by atoms with Gasteiger partial charge in [-0.3, -0.25) is 0 Å². The Hall–Kier alpha value is -4.36. The highest BCUT2D eigenvalue weighted by atomic mass is 19.4. The van der Waals surface area contributed by atoms with Crippen LogP contribution in [0.4, 0.5) is 52.7 Å². The molecule has 0 bridgehead atoms. The molecule has 0 radical (unpaired) electrons. The van der Waals surface area contributed by atoms with Crippen LogP contribution in [0.5, 0.6) is 11.5 Å². The van der Waals surface area contributed by atoms with E-state index in [0.717, 1.165) is 12.1 Å². The van der Waals surface area contributed by atoms with Crippen molar-refractivity contribution in [2.75, 3.05) is 0 Å². The van der Waals surface area contributed by atoms with Crippen LogP contribution in [0.25, 0.3) is 22.3 Å². The fourth-order valence-electron chi connectivity index (χ4n) is 3.92. The van der Waals surface area contributed by atoms with Crippen LogP contribution in [-0.2, 0) is 6.11 Å². The summed E-state index contributed by atoms with van der Waals surface area (Å²) in [5.74, 6) is -14.1. The van der Waals surface area contributed by atoms with Gasteiger partial charge in [0.2, 0.25) is 0 Å². The topological polar surface area (TPSA) is 18.5 Å². The lowest BCUT2D eigenvalue weighted by Crippen LogP contribution is -2.25. The lowest BCUT2D eigenvalue weighted by Gasteiger charge is -2.21. The highest BCUT2D eigenvalue weighted by Gasteiger charge is 2.42. The number of halogens is 12. The molecule has 0 amide bonds. The minimum atomic E-state index is -5.27. The van der Waals surface area contributed by atoms with Crippen molar-refractivity contribution in [2.45, 2.75) is 19.4 Å². The number of rotatable bonds is 6. The van der Waals surface area contributed by atoms with Gasteiger partial charge in [-0.1, -0.05) is 6.07 Å². The number of alkyl halides is 5. The normalized spacial score (nSPS) is 12.0. The minimum absolute atomic E-state index is 0.129. The van der Waals surface area contributed by atoms with Gasteiger partial charge in [-0.15, -0.1) is 13.2 Å². The molecule has 0 saturated heterocycles. The van der Waals surface area contributed by atoms with Crippen LogP contribution in [0.1, 0.15) is 11.1 Å². The standard InChI is InChI=1S/C27H12F12O2/c1-11-4-16(29)24(17(30)5-11)13-7-20(33)25(21(34)8-13)26(35,36)40-14-9-18(31)23(19(32)10-14)12-2-3-22(15(28)6-12)41-27(37,38)39/h2-10H,1H3. The molecular weight excluding hydrogens is 584 g/mol. The zero-order valence-corrected chi connectivity index (χ0v) is 20.0. The maximum absolute atomic E-state index is 14.8. The van der Waals surface area contributed by atoms with E-state index in [0.29, 0.717) is 12.1 Å². The molecule has 216 valence electrons. The van der Waals surface area contributed by atoms with Crippen LogP contribution in [0.2, 0.25) is 0 Å². The zero-order chi connectivity index (χ0) is 30.4. The molecule has 2 nitrogen and oxygen atoms in total. The second kappa shape index (κ2) is 10.6. The number of hydrogen-bond donors (Lipinski definition) is 0. The van der Waals surface area contributed by atoms with Crippen molar-refractivity contribution in [3.63, 3.8) is 0 Å². The number of hydrogen-bond acceptors (Lipinski definition) is 2.